The van der Waals surface area contributed by atoms with E-state index in [0.717, 1.165) is 25.0 Å². The highest BCUT2D eigenvalue weighted by Crippen LogP contribution is 2.40. The molecule has 1 aliphatic carbocycles. The Morgan fingerprint density at radius 1 is 1.24 bits per heavy atom. The van der Waals surface area contributed by atoms with Crippen molar-refractivity contribution in [1.29, 1.82) is 0 Å². The lowest BCUT2D eigenvalue weighted by molar-refractivity contribution is -0.136. The fraction of sp³-hybridized carbons (Fsp3) is 0.333. The van der Waals surface area contributed by atoms with Crippen molar-refractivity contribution in [2.75, 3.05) is 16.8 Å². The molecule has 8 heteroatoms. The number of halogens is 4. The first-order valence-corrected chi connectivity index (χ1v) is 9.11. The van der Waals surface area contributed by atoms with E-state index in [4.69, 9.17) is 6.57 Å². The Bertz CT molecular complexity index is 930. The standard InChI is InChI=1S/C21H19F4N3O/c1-13(20(29)27-16-7-5-15(22)6-8-16)28(12-14-3-4-14)17-9-10-19(26-2)18(11-17)21(23,24)25/h5-11,13-14H,3-4,12H2,1H3,(H,27,29). The minimum atomic E-state index is -4.67. The number of alkyl halides is 3. The Morgan fingerprint density at radius 2 is 1.90 bits per heavy atom. The normalized spacial score (nSPS) is 14.8. The lowest BCUT2D eigenvalue weighted by Gasteiger charge is -2.31. The number of anilines is 2. The van der Waals surface area contributed by atoms with Gasteiger partial charge >= 0.3 is 6.18 Å². The lowest BCUT2D eigenvalue weighted by atomic mass is 10.1. The van der Waals surface area contributed by atoms with Crippen molar-refractivity contribution in [3.05, 3.63) is 65.3 Å². The third kappa shape index (κ3) is 5.05. The predicted octanol–water partition coefficient (Wildman–Crippen LogP) is 5.64. The minimum absolute atomic E-state index is 0.235. The van der Waals surface area contributed by atoms with Crippen molar-refractivity contribution in [2.45, 2.75) is 32.0 Å². The van der Waals surface area contributed by atoms with Gasteiger partial charge in [-0.05, 0) is 62.1 Å². The molecule has 0 saturated heterocycles. The smallest absolute Gasteiger partial charge is 0.360 e. The van der Waals surface area contributed by atoms with E-state index in [1.54, 1.807) is 11.8 Å². The summed E-state index contributed by atoms with van der Waals surface area (Å²) in [6.07, 6.45) is -2.76. The molecule has 1 N–H and O–H groups in total. The van der Waals surface area contributed by atoms with Crippen LogP contribution >= 0.6 is 0 Å². The Morgan fingerprint density at radius 3 is 2.45 bits per heavy atom. The van der Waals surface area contributed by atoms with Crippen LogP contribution in [0.3, 0.4) is 0 Å². The number of benzene rings is 2. The maximum atomic E-state index is 13.4. The highest BCUT2D eigenvalue weighted by atomic mass is 19.4. The monoisotopic (exact) mass is 405 g/mol. The number of nitrogens with one attached hydrogen (secondary N) is 1. The fourth-order valence-corrected chi connectivity index (χ4v) is 3.01. The summed E-state index contributed by atoms with van der Waals surface area (Å²) >= 11 is 0. The van der Waals surface area contributed by atoms with Gasteiger partial charge in [0.25, 0.3) is 0 Å². The van der Waals surface area contributed by atoms with Gasteiger partial charge < -0.3 is 10.2 Å². The highest BCUT2D eigenvalue weighted by molar-refractivity contribution is 5.96. The van der Waals surface area contributed by atoms with Crippen LogP contribution in [0.2, 0.25) is 0 Å². The van der Waals surface area contributed by atoms with E-state index in [-0.39, 0.29) is 5.69 Å². The molecule has 0 bridgehead atoms. The molecule has 0 aliphatic heterocycles. The van der Waals surface area contributed by atoms with E-state index in [2.05, 4.69) is 10.2 Å². The first-order valence-electron chi connectivity index (χ1n) is 9.11. The molecule has 4 nitrogen and oxygen atoms in total. The van der Waals surface area contributed by atoms with Crippen LogP contribution in [0, 0.1) is 18.3 Å². The van der Waals surface area contributed by atoms with Gasteiger partial charge in [-0.1, -0.05) is 6.07 Å². The van der Waals surface area contributed by atoms with Crippen LogP contribution in [-0.2, 0) is 11.0 Å². The maximum absolute atomic E-state index is 13.4. The van der Waals surface area contributed by atoms with Crippen LogP contribution in [0.4, 0.5) is 34.6 Å². The second-order valence-corrected chi connectivity index (χ2v) is 7.08. The molecule has 29 heavy (non-hydrogen) atoms. The van der Waals surface area contributed by atoms with E-state index >= 15 is 0 Å². The van der Waals surface area contributed by atoms with Gasteiger partial charge in [-0.25, -0.2) is 9.24 Å². The van der Waals surface area contributed by atoms with E-state index in [0.29, 0.717) is 18.2 Å². The van der Waals surface area contributed by atoms with E-state index in [9.17, 15) is 22.4 Å². The predicted molar refractivity (Wildman–Crippen MR) is 102 cm³/mol. The highest BCUT2D eigenvalue weighted by Gasteiger charge is 2.35. The molecule has 2 aromatic rings. The quantitative estimate of drug-likeness (QED) is 0.499. The van der Waals surface area contributed by atoms with Crippen LogP contribution < -0.4 is 10.2 Å². The van der Waals surface area contributed by atoms with Crippen molar-refractivity contribution < 1.29 is 22.4 Å². The van der Waals surface area contributed by atoms with Gasteiger partial charge in [0.15, 0.2) is 5.69 Å². The molecule has 2 aromatic carbocycles. The van der Waals surface area contributed by atoms with Gasteiger partial charge in [0, 0.05) is 17.9 Å². The summed E-state index contributed by atoms with van der Waals surface area (Å²) in [5, 5.41) is 2.66. The van der Waals surface area contributed by atoms with E-state index < -0.39 is 35.2 Å². The zero-order valence-corrected chi connectivity index (χ0v) is 15.6. The van der Waals surface area contributed by atoms with Gasteiger partial charge in [-0.15, -0.1) is 0 Å². The van der Waals surface area contributed by atoms with Crippen LogP contribution in [0.5, 0.6) is 0 Å². The van der Waals surface area contributed by atoms with Gasteiger partial charge in [0.2, 0.25) is 5.91 Å². The molecule has 0 heterocycles. The summed E-state index contributed by atoms with van der Waals surface area (Å²) in [6.45, 7) is 9.02. The topological polar surface area (TPSA) is 36.7 Å². The molecule has 1 saturated carbocycles. The zero-order valence-electron chi connectivity index (χ0n) is 15.6. The molecule has 1 atom stereocenters. The first kappa shape index (κ1) is 20.6. The fourth-order valence-electron chi connectivity index (χ4n) is 3.01. The van der Waals surface area contributed by atoms with Crippen LogP contribution in [-0.4, -0.2) is 18.5 Å². The SMILES string of the molecule is [C-]#[N+]c1ccc(N(CC2CC2)C(C)C(=O)Nc2ccc(F)cc2)cc1C(F)(F)F. The first-order chi connectivity index (χ1) is 13.7. The molecule has 0 aromatic heterocycles. The number of rotatable bonds is 6. The van der Waals surface area contributed by atoms with Crippen LogP contribution in [0.1, 0.15) is 25.3 Å². The third-order valence-electron chi connectivity index (χ3n) is 4.85. The summed E-state index contributed by atoms with van der Waals surface area (Å²) in [4.78, 5) is 17.3. The molecule has 1 aliphatic rings. The maximum Gasteiger partial charge on any atom is 0.407 e. The zero-order chi connectivity index (χ0) is 21.2. The molecule has 1 amide bonds. The minimum Gasteiger partial charge on any atom is -0.360 e. The van der Waals surface area contributed by atoms with Crippen molar-refractivity contribution in [1.82, 2.24) is 0 Å². The van der Waals surface area contributed by atoms with Crippen molar-refractivity contribution in [3.8, 4) is 0 Å². The number of nitrogens with zero attached hydrogens (tertiary/aromatic N) is 2. The molecule has 0 radical (unpaired) electrons. The molecule has 1 unspecified atom stereocenters. The summed E-state index contributed by atoms with van der Waals surface area (Å²) in [5.74, 6) is -0.544. The summed E-state index contributed by atoms with van der Waals surface area (Å²) < 4.78 is 53.1. The molecule has 152 valence electrons. The van der Waals surface area contributed by atoms with Crippen LogP contribution in [0.25, 0.3) is 4.85 Å². The molecule has 1 fully saturated rings. The second kappa shape index (κ2) is 8.11. The number of carbonyl (C=O) groups is 1. The molecule has 3 rings (SSSR count). The van der Waals surface area contributed by atoms with Crippen molar-refractivity contribution in [3.63, 3.8) is 0 Å². The van der Waals surface area contributed by atoms with Crippen LogP contribution in [0.15, 0.2) is 42.5 Å². The molecular formula is C21H19F4N3O. The number of hydrogen-bond acceptors (Lipinski definition) is 2. The average molecular weight is 405 g/mol. The Balaban J connectivity index is 1.88. The largest absolute Gasteiger partial charge is 0.407 e. The van der Waals surface area contributed by atoms with Gasteiger partial charge in [-0.3, -0.25) is 4.79 Å². The van der Waals surface area contributed by atoms with Crippen molar-refractivity contribution >= 4 is 23.0 Å². The van der Waals surface area contributed by atoms with E-state index in [1.807, 2.05) is 0 Å². The number of hydrogen-bond donors (Lipinski definition) is 1. The van der Waals surface area contributed by atoms with E-state index in [1.165, 1.54) is 30.3 Å². The molecule has 0 spiro atoms. The van der Waals surface area contributed by atoms with Gasteiger partial charge in [0.05, 0.1) is 12.1 Å². The summed E-state index contributed by atoms with van der Waals surface area (Å²) in [5.41, 5.74) is -0.861. The Kier molecular flexibility index (Phi) is 5.78. The average Bonchev–Trinajstić information content (AvgIpc) is 3.50. The third-order valence-corrected chi connectivity index (χ3v) is 4.85. The number of amides is 1. The Hall–Kier alpha value is -3.08. The lowest BCUT2D eigenvalue weighted by Crippen LogP contribution is -2.43. The summed E-state index contributed by atoms with van der Waals surface area (Å²) in [7, 11) is 0. The number of carbonyl (C=O) groups excluding carboxylic acids is 1. The second-order valence-electron chi connectivity index (χ2n) is 7.08. The van der Waals surface area contributed by atoms with Crippen molar-refractivity contribution in [2.24, 2.45) is 5.92 Å². The summed E-state index contributed by atoms with van der Waals surface area (Å²) in [6, 6.07) is 7.98. The Labute approximate surface area is 166 Å². The molecular weight excluding hydrogens is 386 g/mol. The van der Waals surface area contributed by atoms with Gasteiger partial charge in [-0.2, -0.15) is 13.2 Å². The van der Waals surface area contributed by atoms with Gasteiger partial charge in [0.1, 0.15) is 11.9 Å².